The van der Waals surface area contributed by atoms with Crippen molar-refractivity contribution in [2.24, 2.45) is 0 Å². The van der Waals surface area contributed by atoms with E-state index in [1.54, 1.807) is 30.0 Å². The van der Waals surface area contributed by atoms with Gasteiger partial charge in [0.25, 0.3) is 0 Å². The Morgan fingerprint density at radius 1 is 0.955 bits per heavy atom. The molecule has 0 radical (unpaired) electrons. The van der Waals surface area contributed by atoms with Crippen molar-refractivity contribution in [2.75, 3.05) is 17.1 Å². The van der Waals surface area contributed by atoms with Crippen molar-refractivity contribution >= 4 is 55.1 Å². The largest absolute Gasteiger partial charge is 0.352 e. The van der Waals surface area contributed by atoms with Gasteiger partial charge in [0.05, 0.1) is 11.9 Å². The summed E-state index contributed by atoms with van der Waals surface area (Å²) in [6.07, 6.45) is 7.09. The first-order chi connectivity index (χ1) is 21.0. The van der Waals surface area contributed by atoms with E-state index in [9.17, 15) is 18.0 Å². The normalized spacial score (nSPS) is 14.5. The molecule has 1 atom stereocenters. The predicted octanol–water partition coefficient (Wildman–Crippen LogP) is 7.05. The average Bonchev–Trinajstić information content (AvgIpc) is 3.00. The average molecular weight is 703 g/mol. The van der Waals surface area contributed by atoms with Crippen LogP contribution in [0, 0.1) is 6.92 Å². The van der Waals surface area contributed by atoms with Crippen LogP contribution in [0.25, 0.3) is 0 Å². The monoisotopic (exact) mass is 701 g/mol. The van der Waals surface area contributed by atoms with Gasteiger partial charge < -0.3 is 10.2 Å². The van der Waals surface area contributed by atoms with Crippen molar-refractivity contribution in [3.63, 3.8) is 0 Å². The van der Waals surface area contributed by atoms with Crippen LogP contribution in [-0.4, -0.2) is 50.0 Å². The summed E-state index contributed by atoms with van der Waals surface area (Å²) in [5, 5.41) is 3.73. The van der Waals surface area contributed by atoms with Crippen LogP contribution in [0.3, 0.4) is 0 Å². The standard InChI is InChI=1S/C34H41BrClN3O4S/c1-25-30(36)15-9-16-31(25)39(44(2,42)43)22-10-17-33(40)38(24-27-18-20-28(35)21-19-27)32(23-26-11-5-3-6-12-26)34(41)37-29-13-7-4-8-14-29/h3,5-6,9,11-12,15-16,18-21,29,32H,4,7-8,10,13-14,17,22-24H2,1-2H3,(H,37,41). The van der Waals surface area contributed by atoms with E-state index in [0.717, 1.165) is 47.5 Å². The molecule has 3 aromatic rings. The predicted molar refractivity (Wildman–Crippen MR) is 181 cm³/mol. The number of amides is 2. The van der Waals surface area contributed by atoms with Crippen LogP contribution in [0.4, 0.5) is 5.69 Å². The Morgan fingerprint density at radius 2 is 1.64 bits per heavy atom. The van der Waals surface area contributed by atoms with Crippen LogP contribution in [-0.2, 0) is 32.6 Å². The van der Waals surface area contributed by atoms with E-state index >= 15 is 0 Å². The number of hydrogen-bond acceptors (Lipinski definition) is 4. The Hall–Kier alpha value is -2.88. The van der Waals surface area contributed by atoms with Crippen LogP contribution in [0.15, 0.2) is 77.3 Å². The van der Waals surface area contributed by atoms with Gasteiger partial charge in [-0.3, -0.25) is 13.9 Å². The summed E-state index contributed by atoms with van der Waals surface area (Å²) in [6.45, 7) is 2.14. The number of nitrogens with zero attached hydrogens (tertiary/aromatic N) is 2. The second kappa shape index (κ2) is 15.9. The molecular formula is C34H41BrClN3O4S. The highest BCUT2D eigenvalue weighted by Gasteiger charge is 2.32. The minimum Gasteiger partial charge on any atom is -0.352 e. The third-order valence-electron chi connectivity index (χ3n) is 8.15. The van der Waals surface area contributed by atoms with E-state index in [-0.39, 0.29) is 43.8 Å². The summed E-state index contributed by atoms with van der Waals surface area (Å²) in [5.41, 5.74) is 3.01. The van der Waals surface area contributed by atoms with Gasteiger partial charge in [0.15, 0.2) is 0 Å². The van der Waals surface area contributed by atoms with E-state index in [2.05, 4.69) is 21.2 Å². The summed E-state index contributed by atoms with van der Waals surface area (Å²) in [5.74, 6) is -0.359. The highest BCUT2D eigenvalue weighted by molar-refractivity contribution is 9.10. The van der Waals surface area contributed by atoms with Gasteiger partial charge in [0.2, 0.25) is 21.8 Å². The fourth-order valence-electron chi connectivity index (χ4n) is 5.73. The molecule has 1 N–H and O–H groups in total. The van der Waals surface area contributed by atoms with Gasteiger partial charge in [-0.15, -0.1) is 0 Å². The van der Waals surface area contributed by atoms with Crippen molar-refractivity contribution in [1.29, 1.82) is 0 Å². The molecule has 1 unspecified atom stereocenters. The highest BCUT2D eigenvalue weighted by Crippen LogP contribution is 2.29. The van der Waals surface area contributed by atoms with Crippen molar-refractivity contribution in [3.8, 4) is 0 Å². The van der Waals surface area contributed by atoms with Crippen molar-refractivity contribution in [3.05, 3.63) is 99.0 Å². The van der Waals surface area contributed by atoms with Crippen molar-refractivity contribution < 1.29 is 18.0 Å². The molecule has 236 valence electrons. The lowest BCUT2D eigenvalue weighted by Crippen LogP contribution is -2.52. The van der Waals surface area contributed by atoms with Gasteiger partial charge in [-0.05, 0) is 67.1 Å². The molecule has 44 heavy (non-hydrogen) atoms. The van der Waals surface area contributed by atoms with Crippen molar-refractivity contribution in [1.82, 2.24) is 10.2 Å². The minimum absolute atomic E-state index is 0.0736. The van der Waals surface area contributed by atoms with Gasteiger partial charge in [0.1, 0.15) is 6.04 Å². The second-order valence-electron chi connectivity index (χ2n) is 11.5. The molecule has 1 aliphatic rings. The molecule has 3 aromatic carbocycles. The molecule has 0 aliphatic heterocycles. The molecule has 4 rings (SSSR count). The number of anilines is 1. The number of nitrogens with one attached hydrogen (secondary N) is 1. The van der Waals surface area contributed by atoms with Crippen LogP contribution in [0.1, 0.15) is 61.6 Å². The summed E-state index contributed by atoms with van der Waals surface area (Å²) >= 11 is 9.78. The fourth-order valence-corrected chi connectivity index (χ4v) is 7.18. The molecule has 0 aromatic heterocycles. The number of halogens is 2. The number of rotatable bonds is 13. The Balaban J connectivity index is 1.60. The summed E-state index contributed by atoms with van der Waals surface area (Å²) < 4.78 is 27.8. The zero-order chi connectivity index (χ0) is 31.7. The second-order valence-corrected chi connectivity index (χ2v) is 14.7. The lowest BCUT2D eigenvalue weighted by molar-refractivity contribution is -0.141. The maximum Gasteiger partial charge on any atom is 0.243 e. The SMILES string of the molecule is Cc1c(Cl)cccc1N(CCCC(=O)N(Cc1ccc(Br)cc1)C(Cc1ccccc1)C(=O)NC1CCCCC1)S(C)(=O)=O. The lowest BCUT2D eigenvalue weighted by atomic mass is 9.94. The first-order valence-corrected chi connectivity index (χ1v) is 18.2. The van der Waals surface area contributed by atoms with Crippen LogP contribution in [0.5, 0.6) is 0 Å². The molecule has 1 aliphatic carbocycles. The van der Waals surface area contributed by atoms with Crippen molar-refractivity contribution in [2.45, 2.75) is 76.9 Å². The van der Waals surface area contributed by atoms with Gasteiger partial charge >= 0.3 is 0 Å². The van der Waals surface area contributed by atoms with E-state index in [4.69, 9.17) is 11.6 Å². The summed E-state index contributed by atoms with van der Waals surface area (Å²) in [4.78, 5) is 29.7. The smallest absolute Gasteiger partial charge is 0.243 e. The first-order valence-electron chi connectivity index (χ1n) is 15.1. The summed E-state index contributed by atoms with van der Waals surface area (Å²) in [6, 6.07) is 22.0. The van der Waals surface area contributed by atoms with E-state index in [1.807, 2.05) is 54.6 Å². The number of hydrogen-bond donors (Lipinski definition) is 1. The van der Waals surface area contributed by atoms with Gasteiger partial charge in [-0.2, -0.15) is 0 Å². The van der Waals surface area contributed by atoms with Crippen LogP contribution >= 0.6 is 27.5 Å². The van der Waals surface area contributed by atoms with Crippen LogP contribution in [0.2, 0.25) is 5.02 Å². The first kappa shape index (κ1) is 34.0. The van der Waals surface area contributed by atoms with Gasteiger partial charge in [0, 0.05) is 41.5 Å². The third kappa shape index (κ3) is 9.56. The molecule has 10 heteroatoms. The number of carbonyl (C=O) groups is 2. The van der Waals surface area contributed by atoms with E-state index < -0.39 is 16.1 Å². The molecular weight excluding hydrogens is 662 g/mol. The lowest BCUT2D eigenvalue weighted by Gasteiger charge is -2.34. The Kier molecular flexibility index (Phi) is 12.3. The molecule has 0 bridgehead atoms. The molecule has 2 amide bonds. The Bertz CT molecular complexity index is 1510. The zero-order valence-corrected chi connectivity index (χ0v) is 28.5. The number of sulfonamides is 1. The molecule has 0 spiro atoms. The molecule has 1 saturated carbocycles. The summed E-state index contributed by atoms with van der Waals surface area (Å²) in [7, 11) is -3.63. The number of carbonyl (C=O) groups excluding carboxylic acids is 2. The van der Waals surface area contributed by atoms with E-state index in [0.29, 0.717) is 22.7 Å². The topological polar surface area (TPSA) is 86.8 Å². The Labute approximate surface area is 275 Å². The third-order valence-corrected chi connectivity index (χ3v) is 10.3. The zero-order valence-electron chi connectivity index (χ0n) is 25.3. The molecule has 7 nitrogen and oxygen atoms in total. The van der Waals surface area contributed by atoms with E-state index in [1.165, 1.54) is 10.7 Å². The minimum atomic E-state index is -3.63. The van der Waals surface area contributed by atoms with Gasteiger partial charge in [-0.1, -0.05) is 95.3 Å². The van der Waals surface area contributed by atoms with Crippen LogP contribution < -0.4 is 9.62 Å². The quantitative estimate of drug-likeness (QED) is 0.207. The maximum absolute atomic E-state index is 14.1. The number of benzene rings is 3. The highest BCUT2D eigenvalue weighted by atomic mass is 79.9. The molecule has 1 fully saturated rings. The molecule has 0 heterocycles. The maximum atomic E-state index is 14.1. The Morgan fingerprint density at radius 3 is 2.30 bits per heavy atom. The fraction of sp³-hybridized carbons (Fsp3) is 0.412. The molecule has 0 saturated heterocycles. The van der Waals surface area contributed by atoms with Gasteiger partial charge in [-0.25, -0.2) is 8.42 Å².